The Balaban J connectivity index is 2.51. The number of carbonyl (C=O) groups is 2. The summed E-state index contributed by atoms with van der Waals surface area (Å²) in [6, 6.07) is 4.35. The largest absolute Gasteiger partial charge is 0.497 e. The minimum absolute atomic E-state index is 0.120. The molecule has 1 fully saturated rings. The normalized spacial score (nSPS) is 22.7. The van der Waals surface area contributed by atoms with Crippen molar-refractivity contribution in [1.29, 1.82) is 0 Å². The summed E-state index contributed by atoms with van der Waals surface area (Å²) in [6.45, 7) is 3.57. The Hall–Kier alpha value is -1.56. The number of hydrogen-bond donors (Lipinski definition) is 1. The van der Waals surface area contributed by atoms with E-state index in [0.717, 1.165) is 4.47 Å². The Bertz CT molecular complexity index is 547. The van der Waals surface area contributed by atoms with Crippen LogP contribution >= 0.6 is 15.9 Å². The Morgan fingerprint density at radius 2 is 2.10 bits per heavy atom. The lowest BCUT2D eigenvalue weighted by Gasteiger charge is -2.38. The van der Waals surface area contributed by atoms with Gasteiger partial charge in [0.1, 0.15) is 17.8 Å². The molecular weight excluding hydrogens is 324 g/mol. The van der Waals surface area contributed by atoms with Crippen molar-refractivity contribution in [1.82, 2.24) is 5.32 Å². The van der Waals surface area contributed by atoms with Gasteiger partial charge in [0, 0.05) is 10.5 Å². The van der Waals surface area contributed by atoms with Crippen molar-refractivity contribution in [2.24, 2.45) is 0 Å². The van der Waals surface area contributed by atoms with Crippen molar-refractivity contribution < 1.29 is 14.3 Å². The van der Waals surface area contributed by atoms with Crippen LogP contribution in [0.25, 0.3) is 0 Å². The molecule has 2 rings (SSSR count). The van der Waals surface area contributed by atoms with E-state index in [1.807, 2.05) is 13.0 Å². The lowest BCUT2D eigenvalue weighted by atomic mass is 10.0. The second kappa shape index (κ2) is 5.83. The van der Waals surface area contributed by atoms with E-state index in [0.29, 0.717) is 17.9 Å². The van der Waals surface area contributed by atoms with E-state index in [-0.39, 0.29) is 11.8 Å². The summed E-state index contributed by atoms with van der Waals surface area (Å²) in [4.78, 5) is 26.1. The molecular formula is C14H17BrN2O3. The third-order valence-electron chi connectivity index (χ3n) is 3.38. The number of hydrogen-bond acceptors (Lipinski definition) is 3. The summed E-state index contributed by atoms with van der Waals surface area (Å²) in [5.74, 6) is 0.393. The van der Waals surface area contributed by atoms with Gasteiger partial charge in [0.25, 0.3) is 0 Å². The van der Waals surface area contributed by atoms with E-state index in [9.17, 15) is 9.59 Å². The van der Waals surface area contributed by atoms with Crippen molar-refractivity contribution in [2.75, 3.05) is 12.0 Å². The topological polar surface area (TPSA) is 58.6 Å². The molecule has 0 spiro atoms. The molecule has 0 saturated carbocycles. The third kappa shape index (κ3) is 2.52. The number of ether oxygens (including phenoxy) is 1. The zero-order chi connectivity index (χ0) is 14.9. The minimum atomic E-state index is -0.525. The monoisotopic (exact) mass is 340 g/mol. The van der Waals surface area contributed by atoms with Crippen LogP contribution in [0.1, 0.15) is 20.3 Å². The Kier molecular flexibility index (Phi) is 4.32. The summed E-state index contributed by atoms with van der Waals surface area (Å²) in [6.07, 6.45) is 0.550. The molecule has 2 atom stereocenters. The Labute approximate surface area is 126 Å². The van der Waals surface area contributed by atoms with E-state index in [2.05, 4.69) is 21.2 Å². The summed E-state index contributed by atoms with van der Waals surface area (Å²) >= 11 is 3.44. The molecule has 1 saturated heterocycles. The average Bonchev–Trinajstić information content (AvgIpc) is 2.43. The van der Waals surface area contributed by atoms with Gasteiger partial charge < -0.3 is 10.1 Å². The van der Waals surface area contributed by atoms with Crippen molar-refractivity contribution in [3.63, 3.8) is 0 Å². The standard InChI is InChI=1S/C14H17BrN2O3/c1-4-11-13(18)16-8(2)14(19)17(11)12-7-9(20-3)5-6-10(12)15/h5-8,11H,4H2,1-3H3,(H,16,18). The summed E-state index contributed by atoms with van der Waals surface area (Å²) in [7, 11) is 1.57. The van der Waals surface area contributed by atoms with E-state index in [1.54, 1.807) is 31.1 Å². The van der Waals surface area contributed by atoms with Crippen LogP contribution in [0.4, 0.5) is 5.69 Å². The van der Waals surface area contributed by atoms with Crippen molar-refractivity contribution >= 4 is 33.4 Å². The number of piperazine rings is 1. The molecule has 2 unspecified atom stereocenters. The van der Waals surface area contributed by atoms with Crippen molar-refractivity contribution in [3.8, 4) is 5.75 Å². The summed E-state index contributed by atoms with van der Waals surface area (Å²) < 4.78 is 5.96. The van der Waals surface area contributed by atoms with Crippen LogP contribution in [-0.4, -0.2) is 31.0 Å². The molecule has 1 N–H and O–H groups in total. The SMILES string of the molecule is CCC1C(=O)NC(C)C(=O)N1c1cc(OC)ccc1Br. The van der Waals surface area contributed by atoms with Crippen LogP contribution in [-0.2, 0) is 9.59 Å². The van der Waals surface area contributed by atoms with E-state index in [4.69, 9.17) is 4.74 Å². The second-order valence-corrected chi connectivity index (χ2v) is 5.53. The first-order valence-corrected chi connectivity index (χ1v) is 7.25. The number of nitrogens with one attached hydrogen (secondary N) is 1. The van der Waals surface area contributed by atoms with Crippen LogP contribution < -0.4 is 15.0 Å². The van der Waals surface area contributed by atoms with Gasteiger partial charge in [-0.2, -0.15) is 0 Å². The Morgan fingerprint density at radius 3 is 2.70 bits per heavy atom. The predicted octanol–water partition coefficient (Wildman–Crippen LogP) is 2.09. The molecule has 2 amide bonds. The zero-order valence-corrected chi connectivity index (χ0v) is 13.2. The van der Waals surface area contributed by atoms with E-state index in [1.165, 1.54) is 0 Å². The van der Waals surface area contributed by atoms with Crippen LogP contribution in [0.15, 0.2) is 22.7 Å². The molecule has 1 aromatic carbocycles. The Morgan fingerprint density at radius 1 is 1.40 bits per heavy atom. The third-order valence-corrected chi connectivity index (χ3v) is 4.05. The first kappa shape index (κ1) is 14.8. The van der Waals surface area contributed by atoms with Gasteiger partial charge in [-0.05, 0) is 41.4 Å². The highest BCUT2D eigenvalue weighted by Crippen LogP contribution is 2.33. The number of amides is 2. The molecule has 1 heterocycles. The molecule has 0 bridgehead atoms. The highest BCUT2D eigenvalue weighted by Gasteiger charge is 2.39. The number of benzene rings is 1. The van der Waals surface area contributed by atoms with Gasteiger partial charge in [-0.15, -0.1) is 0 Å². The highest BCUT2D eigenvalue weighted by molar-refractivity contribution is 9.10. The van der Waals surface area contributed by atoms with Crippen molar-refractivity contribution in [3.05, 3.63) is 22.7 Å². The first-order valence-electron chi connectivity index (χ1n) is 6.46. The van der Waals surface area contributed by atoms with Gasteiger partial charge in [-0.3, -0.25) is 14.5 Å². The molecule has 1 aromatic rings. The van der Waals surface area contributed by atoms with E-state index >= 15 is 0 Å². The molecule has 0 radical (unpaired) electrons. The van der Waals surface area contributed by atoms with Gasteiger partial charge in [0.2, 0.25) is 11.8 Å². The number of halogens is 1. The fourth-order valence-electron chi connectivity index (χ4n) is 2.31. The van der Waals surface area contributed by atoms with Crippen LogP contribution in [0.2, 0.25) is 0 Å². The smallest absolute Gasteiger partial charge is 0.250 e. The van der Waals surface area contributed by atoms with Gasteiger partial charge >= 0.3 is 0 Å². The minimum Gasteiger partial charge on any atom is -0.497 e. The molecule has 108 valence electrons. The molecule has 1 aliphatic heterocycles. The number of methoxy groups -OCH3 is 1. The summed E-state index contributed by atoms with van der Waals surface area (Å²) in [5, 5.41) is 2.70. The van der Waals surface area contributed by atoms with E-state index < -0.39 is 12.1 Å². The number of anilines is 1. The molecule has 20 heavy (non-hydrogen) atoms. The van der Waals surface area contributed by atoms with Gasteiger partial charge in [-0.25, -0.2) is 0 Å². The number of nitrogens with zero attached hydrogens (tertiary/aromatic N) is 1. The second-order valence-electron chi connectivity index (χ2n) is 4.68. The molecule has 5 nitrogen and oxygen atoms in total. The summed E-state index contributed by atoms with van der Waals surface area (Å²) in [5.41, 5.74) is 0.655. The van der Waals surface area contributed by atoms with Crippen LogP contribution in [0.5, 0.6) is 5.75 Å². The lowest BCUT2D eigenvalue weighted by Crippen LogP contribution is -2.62. The zero-order valence-electron chi connectivity index (χ0n) is 11.6. The highest BCUT2D eigenvalue weighted by atomic mass is 79.9. The van der Waals surface area contributed by atoms with Crippen molar-refractivity contribution in [2.45, 2.75) is 32.4 Å². The fourth-order valence-corrected chi connectivity index (χ4v) is 2.75. The van der Waals surface area contributed by atoms with Gasteiger partial charge in [0.15, 0.2) is 0 Å². The first-order chi connectivity index (χ1) is 9.49. The molecule has 0 aromatic heterocycles. The van der Waals surface area contributed by atoms with Crippen LogP contribution in [0.3, 0.4) is 0 Å². The number of carbonyl (C=O) groups excluding carboxylic acids is 2. The molecule has 0 aliphatic carbocycles. The molecule has 6 heteroatoms. The number of rotatable bonds is 3. The maximum absolute atomic E-state index is 12.4. The van der Waals surface area contributed by atoms with Gasteiger partial charge in [-0.1, -0.05) is 6.92 Å². The molecule has 1 aliphatic rings. The maximum Gasteiger partial charge on any atom is 0.250 e. The van der Waals surface area contributed by atoms with Gasteiger partial charge in [0.05, 0.1) is 12.8 Å². The average molecular weight is 341 g/mol. The maximum atomic E-state index is 12.4. The van der Waals surface area contributed by atoms with Crippen LogP contribution in [0, 0.1) is 0 Å². The quantitative estimate of drug-likeness (QED) is 0.916. The fraction of sp³-hybridized carbons (Fsp3) is 0.429. The predicted molar refractivity (Wildman–Crippen MR) is 79.9 cm³/mol. The lowest BCUT2D eigenvalue weighted by molar-refractivity contribution is -0.133.